The molecule has 4 heteroatoms. The molecule has 0 aliphatic carbocycles. The van der Waals surface area contributed by atoms with Gasteiger partial charge in [-0.1, -0.05) is 76.6 Å². The quantitative estimate of drug-likeness (QED) is 0.540. The van der Waals surface area contributed by atoms with Crippen molar-refractivity contribution in [2.75, 3.05) is 26.2 Å². The summed E-state index contributed by atoms with van der Waals surface area (Å²) in [6, 6.07) is 27.3. The zero-order chi connectivity index (χ0) is 20.2. The summed E-state index contributed by atoms with van der Waals surface area (Å²) in [5.41, 5.74) is 4.41. The van der Waals surface area contributed by atoms with Crippen molar-refractivity contribution in [3.63, 3.8) is 0 Å². The number of carbonyl (C=O) groups excluding carboxylic acids is 1. The molecule has 1 heterocycles. The molecule has 1 aliphatic heterocycles. The summed E-state index contributed by atoms with van der Waals surface area (Å²) in [5.74, 6) is 0.141. The molecule has 1 saturated heterocycles. The summed E-state index contributed by atoms with van der Waals surface area (Å²) < 4.78 is 1.08. The summed E-state index contributed by atoms with van der Waals surface area (Å²) in [7, 11) is 0. The topological polar surface area (TPSA) is 23.6 Å². The van der Waals surface area contributed by atoms with Gasteiger partial charge < -0.3 is 4.90 Å². The van der Waals surface area contributed by atoms with Crippen LogP contribution in [0.15, 0.2) is 83.3 Å². The smallest absolute Gasteiger partial charge is 0.254 e. The van der Waals surface area contributed by atoms with Crippen LogP contribution in [0.3, 0.4) is 0 Å². The summed E-state index contributed by atoms with van der Waals surface area (Å²) in [6.07, 6.45) is 0. The lowest BCUT2D eigenvalue weighted by atomic mass is 9.96. The van der Waals surface area contributed by atoms with E-state index in [0.29, 0.717) is 0 Å². The van der Waals surface area contributed by atoms with Crippen LogP contribution in [0.2, 0.25) is 0 Å². The first-order valence-corrected chi connectivity index (χ1v) is 10.8. The van der Waals surface area contributed by atoms with Crippen LogP contribution in [-0.2, 0) is 0 Å². The van der Waals surface area contributed by atoms with Crippen LogP contribution >= 0.6 is 15.9 Å². The number of rotatable bonds is 4. The monoisotopic (exact) mass is 448 g/mol. The van der Waals surface area contributed by atoms with Gasteiger partial charge in [0.2, 0.25) is 0 Å². The van der Waals surface area contributed by atoms with E-state index in [1.165, 1.54) is 11.1 Å². The second kappa shape index (κ2) is 8.93. The molecule has 1 atom stereocenters. The summed E-state index contributed by atoms with van der Waals surface area (Å²) in [4.78, 5) is 17.5. The minimum absolute atomic E-state index is 0.141. The number of halogens is 1. The fourth-order valence-corrected chi connectivity index (χ4v) is 4.33. The Labute approximate surface area is 181 Å². The van der Waals surface area contributed by atoms with Crippen molar-refractivity contribution in [3.8, 4) is 0 Å². The molecule has 3 aromatic carbocycles. The third-order valence-corrected chi connectivity index (χ3v) is 6.17. The largest absolute Gasteiger partial charge is 0.336 e. The predicted molar refractivity (Wildman–Crippen MR) is 121 cm³/mol. The molecule has 0 radical (unpaired) electrons. The maximum Gasteiger partial charge on any atom is 0.254 e. The Hall–Kier alpha value is -2.43. The maximum absolute atomic E-state index is 13.0. The van der Waals surface area contributed by atoms with Gasteiger partial charge >= 0.3 is 0 Å². The molecule has 1 amide bonds. The second-order valence-electron chi connectivity index (χ2n) is 7.51. The molecule has 1 unspecified atom stereocenters. The van der Waals surface area contributed by atoms with E-state index in [2.05, 4.69) is 75.4 Å². The Kier molecular flexibility index (Phi) is 6.12. The van der Waals surface area contributed by atoms with E-state index in [1.54, 1.807) is 0 Å². The molecule has 4 rings (SSSR count). The third kappa shape index (κ3) is 4.44. The molecular weight excluding hydrogens is 424 g/mol. The van der Waals surface area contributed by atoms with Crippen molar-refractivity contribution >= 4 is 21.8 Å². The molecule has 0 N–H and O–H groups in total. The highest BCUT2D eigenvalue weighted by molar-refractivity contribution is 9.10. The van der Waals surface area contributed by atoms with Crippen molar-refractivity contribution in [1.29, 1.82) is 0 Å². The first-order chi connectivity index (χ1) is 14.1. The number of aryl methyl sites for hydroxylation is 1. The standard InChI is InChI=1S/C25H25BrN2O/c1-19-7-5-6-10-23(19)25(29)28-17-15-27(16-18-28)24(20-8-3-2-4-9-20)21-11-13-22(26)14-12-21/h2-14,24H,15-18H2,1H3. The first-order valence-electron chi connectivity index (χ1n) is 10.0. The van der Waals surface area contributed by atoms with Crippen LogP contribution in [0.25, 0.3) is 0 Å². The van der Waals surface area contributed by atoms with Crippen molar-refractivity contribution in [1.82, 2.24) is 9.80 Å². The van der Waals surface area contributed by atoms with Crippen molar-refractivity contribution in [2.45, 2.75) is 13.0 Å². The molecule has 148 valence electrons. The van der Waals surface area contributed by atoms with Crippen LogP contribution in [0, 0.1) is 6.92 Å². The molecule has 3 aromatic rings. The number of nitrogens with zero attached hydrogens (tertiary/aromatic N) is 2. The van der Waals surface area contributed by atoms with E-state index < -0.39 is 0 Å². The van der Waals surface area contributed by atoms with Crippen molar-refractivity contribution in [3.05, 3.63) is 106 Å². The Balaban J connectivity index is 1.53. The molecule has 0 spiro atoms. The predicted octanol–water partition coefficient (Wildman–Crippen LogP) is 5.30. The van der Waals surface area contributed by atoms with Gasteiger partial charge in [-0.25, -0.2) is 0 Å². The van der Waals surface area contributed by atoms with E-state index in [0.717, 1.165) is 41.8 Å². The molecule has 29 heavy (non-hydrogen) atoms. The SMILES string of the molecule is Cc1ccccc1C(=O)N1CCN(C(c2ccccc2)c2ccc(Br)cc2)CC1. The second-order valence-corrected chi connectivity index (χ2v) is 8.42. The molecule has 0 aromatic heterocycles. The summed E-state index contributed by atoms with van der Waals surface area (Å²) in [6.45, 7) is 5.20. The fraction of sp³-hybridized carbons (Fsp3) is 0.240. The van der Waals surface area contributed by atoms with Crippen LogP contribution in [-0.4, -0.2) is 41.9 Å². The lowest BCUT2D eigenvalue weighted by molar-refractivity contribution is 0.0596. The lowest BCUT2D eigenvalue weighted by Crippen LogP contribution is -2.50. The van der Waals surface area contributed by atoms with Crippen molar-refractivity contribution in [2.24, 2.45) is 0 Å². The van der Waals surface area contributed by atoms with E-state index in [4.69, 9.17) is 0 Å². The Morgan fingerprint density at radius 2 is 1.38 bits per heavy atom. The van der Waals surface area contributed by atoms with Gasteiger partial charge in [-0.2, -0.15) is 0 Å². The van der Waals surface area contributed by atoms with Crippen LogP contribution in [0.1, 0.15) is 33.1 Å². The van der Waals surface area contributed by atoms with Crippen molar-refractivity contribution < 1.29 is 4.79 Å². The summed E-state index contributed by atoms with van der Waals surface area (Å²) in [5, 5.41) is 0. The van der Waals surface area contributed by atoms with Gasteiger partial charge in [0, 0.05) is 36.2 Å². The minimum Gasteiger partial charge on any atom is -0.336 e. The highest BCUT2D eigenvalue weighted by Gasteiger charge is 2.28. The van der Waals surface area contributed by atoms with Crippen LogP contribution in [0.5, 0.6) is 0 Å². The minimum atomic E-state index is 0.141. The average molecular weight is 449 g/mol. The van der Waals surface area contributed by atoms with Gasteiger partial charge in [0.05, 0.1) is 6.04 Å². The van der Waals surface area contributed by atoms with Gasteiger partial charge in [0.1, 0.15) is 0 Å². The van der Waals surface area contributed by atoms with E-state index in [9.17, 15) is 4.79 Å². The zero-order valence-corrected chi connectivity index (χ0v) is 18.2. The fourth-order valence-electron chi connectivity index (χ4n) is 4.06. The van der Waals surface area contributed by atoms with E-state index >= 15 is 0 Å². The van der Waals surface area contributed by atoms with Gasteiger partial charge in [0.25, 0.3) is 5.91 Å². The molecule has 3 nitrogen and oxygen atoms in total. The van der Waals surface area contributed by atoms with Gasteiger partial charge in [-0.15, -0.1) is 0 Å². The van der Waals surface area contributed by atoms with E-state index in [-0.39, 0.29) is 11.9 Å². The van der Waals surface area contributed by atoms with E-state index in [1.807, 2.05) is 36.1 Å². The number of piperazine rings is 1. The lowest BCUT2D eigenvalue weighted by Gasteiger charge is -2.40. The molecular formula is C25H25BrN2O. The Morgan fingerprint density at radius 1 is 0.793 bits per heavy atom. The summed E-state index contributed by atoms with van der Waals surface area (Å²) >= 11 is 3.54. The zero-order valence-electron chi connectivity index (χ0n) is 16.6. The van der Waals surface area contributed by atoms with Crippen LogP contribution in [0.4, 0.5) is 0 Å². The number of hydrogen-bond donors (Lipinski definition) is 0. The highest BCUT2D eigenvalue weighted by atomic mass is 79.9. The van der Waals surface area contributed by atoms with Gasteiger partial charge in [-0.3, -0.25) is 9.69 Å². The average Bonchev–Trinajstić information content (AvgIpc) is 2.76. The third-order valence-electron chi connectivity index (χ3n) is 5.64. The maximum atomic E-state index is 13.0. The highest BCUT2D eigenvalue weighted by Crippen LogP contribution is 2.30. The number of hydrogen-bond acceptors (Lipinski definition) is 2. The number of amides is 1. The van der Waals surface area contributed by atoms with Gasteiger partial charge in [-0.05, 0) is 41.8 Å². The van der Waals surface area contributed by atoms with Gasteiger partial charge in [0.15, 0.2) is 0 Å². The first kappa shape index (κ1) is 19.9. The Bertz CT molecular complexity index is 964. The number of carbonyl (C=O) groups is 1. The molecule has 0 bridgehead atoms. The molecule has 0 saturated carbocycles. The van der Waals surface area contributed by atoms with Crippen LogP contribution < -0.4 is 0 Å². The normalized spacial score (nSPS) is 15.9. The Morgan fingerprint density at radius 3 is 2.03 bits per heavy atom. The number of benzene rings is 3. The molecule has 1 fully saturated rings. The molecule has 1 aliphatic rings.